The second kappa shape index (κ2) is 6.73. The van der Waals surface area contributed by atoms with Gasteiger partial charge < -0.3 is 24.4 Å². The molecule has 8 atom stereocenters. The van der Waals surface area contributed by atoms with Gasteiger partial charge in [-0.2, -0.15) is 0 Å². The van der Waals surface area contributed by atoms with Crippen molar-refractivity contribution in [2.24, 2.45) is 17.8 Å². The number of rotatable bonds is 2. The molecule has 1 saturated heterocycles. The zero-order valence-electron chi connectivity index (χ0n) is 17.8. The van der Waals surface area contributed by atoms with Crippen LogP contribution in [0.15, 0.2) is 0 Å². The van der Waals surface area contributed by atoms with E-state index in [4.69, 9.17) is 24.5 Å². The van der Waals surface area contributed by atoms with Crippen molar-refractivity contribution >= 4 is 0 Å². The molecule has 0 aromatic heterocycles. The van der Waals surface area contributed by atoms with Crippen LogP contribution in [0.5, 0.6) is 0 Å². The van der Waals surface area contributed by atoms with E-state index in [1.54, 1.807) is 0 Å². The predicted molar refractivity (Wildman–Crippen MR) is 108 cm³/mol. The third-order valence-corrected chi connectivity index (χ3v) is 8.34. The van der Waals surface area contributed by atoms with Gasteiger partial charge in [-0.3, -0.25) is 0 Å². The minimum absolute atomic E-state index is 0.0851. The molecule has 1 aliphatic heterocycles. The highest BCUT2D eigenvalue weighted by Gasteiger charge is 2.65. The Bertz CT molecular complexity index is 759. The monoisotopic (exact) mass is 383 g/mol. The molecule has 5 heteroatoms. The van der Waals surface area contributed by atoms with Crippen LogP contribution in [0.2, 0.25) is 0 Å². The fraction of sp³-hybridized carbons (Fsp3) is 0.870. The van der Waals surface area contributed by atoms with Gasteiger partial charge in [0.05, 0.1) is 5.60 Å². The number of hydrogen-bond acceptors (Lipinski definition) is 2. The molecule has 0 bridgehead atoms. The van der Waals surface area contributed by atoms with Crippen LogP contribution in [-0.2, 0) is 4.74 Å². The minimum Gasteiger partial charge on any atom is -0.384 e. The maximum atomic E-state index is 11.3. The van der Waals surface area contributed by atoms with Crippen molar-refractivity contribution in [3.05, 3.63) is 34.3 Å². The van der Waals surface area contributed by atoms with Gasteiger partial charge in [-0.15, -0.1) is 0 Å². The van der Waals surface area contributed by atoms with E-state index in [1.807, 2.05) is 27.7 Å². The molecule has 2 saturated carbocycles. The molecule has 3 rings (SSSR count). The molecule has 1 N–H and O–H groups in total. The molecular formula is C23H33N3O2. The number of fused-ring (bicyclic) bond motifs is 1. The Hall–Kier alpha value is -1.61. The zero-order valence-corrected chi connectivity index (χ0v) is 17.8. The second-order valence-electron chi connectivity index (χ2n) is 10.5. The lowest BCUT2D eigenvalue weighted by Gasteiger charge is -2.53. The molecule has 0 unspecified atom stereocenters. The smallest absolute Gasteiger partial charge is 0.255 e. The summed E-state index contributed by atoms with van der Waals surface area (Å²) in [5.74, 6) is 0.0812. The number of hydrogen-bond donors (Lipinski definition) is 1. The Labute approximate surface area is 169 Å². The number of aliphatic hydroxyl groups excluding tert-OH is 1. The van der Waals surface area contributed by atoms with Gasteiger partial charge in [0.1, 0.15) is 12.2 Å². The first-order chi connectivity index (χ1) is 13.0. The van der Waals surface area contributed by atoms with Crippen LogP contribution >= 0.6 is 0 Å². The van der Waals surface area contributed by atoms with Crippen LogP contribution in [0.3, 0.4) is 0 Å². The van der Waals surface area contributed by atoms with Crippen molar-refractivity contribution in [3.63, 3.8) is 0 Å². The Morgan fingerprint density at radius 1 is 0.893 bits per heavy atom. The molecule has 1 heterocycles. The van der Waals surface area contributed by atoms with E-state index < -0.39 is 28.3 Å². The largest absolute Gasteiger partial charge is 0.384 e. The van der Waals surface area contributed by atoms with E-state index in [0.29, 0.717) is 6.42 Å². The lowest BCUT2D eigenvalue weighted by molar-refractivity contribution is -0.157. The molecule has 2 aliphatic carbocycles. The van der Waals surface area contributed by atoms with Crippen LogP contribution in [-0.4, -0.2) is 39.5 Å². The summed E-state index contributed by atoms with van der Waals surface area (Å²) >= 11 is 0. The van der Waals surface area contributed by atoms with Gasteiger partial charge in [0.2, 0.25) is 5.54 Å². The quantitative estimate of drug-likeness (QED) is 0.698. The maximum Gasteiger partial charge on any atom is 0.255 e. The normalized spacial score (nSPS) is 48.8. The SMILES string of the molecule is [C-]#[N+]C(C)(C)[C@@H]1CC[C@](C)([C@H]2CC[C@@](C)([N+]#[C-])[C@H]3CC[C@](C)([N+]#[C-])[C@@H](O)[C@@H]32)O1. The van der Waals surface area contributed by atoms with Crippen molar-refractivity contribution in [1.82, 2.24) is 0 Å². The molecule has 0 radical (unpaired) electrons. The second-order valence-corrected chi connectivity index (χ2v) is 10.5. The van der Waals surface area contributed by atoms with Crippen LogP contribution < -0.4 is 0 Å². The van der Waals surface area contributed by atoms with Gasteiger partial charge in [-0.1, -0.05) is 0 Å². The fourth-order valence-corrected chi connectivity index (χ4v) is 6.15. The van der Waals surface area contributed by atoms with Crippen molar-refractivity contribution < 1.29 is 9.84 Å². The Morgan fingerprint density at radius 3 is 2.04 bits per heavy atom. The van der Waals surface area contributed by atoms with Crippen LogP contribution in [0, 0.1) is 37.5 Å². The van der Waals surface area contributed by atoms with Gasteiger partial charge in [0.15, 0.2) is 0 Å². The lowest BCUT2D eigenvalue weighted by atomic mass is 9.51. The number of nitrogens with zero attached hydrogens (tertiary/aromatic N) is 3. The van der Waals surface area contributed by atoms with Crippen molar-refractivity contribution in [1.29, 1.82) is 0 Å². The van der Waals surface area contributed by atoms with E-state index in [-0.39, 0.29) is 23.9 Å². The summed E-state index contributed by atoms with van der Waals surface area (Å²) in [5.41, 5.74) is -2.24. The first-order valence-corrected chi connectivity index (χ1v) is 10.5. The molecule has 5 nitrogen and oxygen atoms in total. The molecule has 0 spiro atoms. The molecule has 0 aromatic rings. The molecule has 152 valence electrons. The predicted octanol–water partition coefficient (Wildman–Crippen LogP) is 4.78. The maximum absolute atomic E-state index is 11.3. The van der Waals surface area contributed by atoms with E-state index in [1.165, 1.54) is 0 Å². The first kappa shape index (κ1) is 21.1. The molecule has 0 aromatic carbocycles. The van der Waals surface area contributed by atoms with E-state index in [9.17, 15) is 5.11 Å². The average Bonchev–Trinajstić information content (AvgIpc) is 3.09. The summed E-state index contributed by atoms with van der Waals surface area (Å²) < 4.78 is 6.57. The third-order valence-electron chi connectivity index (χ3n) is 8.34. The lowest BCUT2D eigenvalue weighted by Crippen LogP contribution is -2.62. The number of ether oxygens (including phenoxy) is 1. The van der Waals surface area contributed by atoms with Gasteiger partial charge in [0, 0.05) is 52.4 Å². The summed E-state index contributed by atoms with van der Waals surface area (Å²) in [6.07, 6.45) is 3.92. The van der Waals surface area contributed by atoms with E-state index >= 15 is 0 Å². The molecule has 3 fully saturated rings. The molecule has 0 amide bonds. The van der Waals surface area contributed by atoms with E-state index in [2.05, 4.69) is 21.5 Å². The summed E-state index contributed by atoms with van der Waals surface area (Å²) in [7, 11) is 0. The zero-order chi connectivity index (χ0) is 21.0. The Morgan fingerprint density at radius 2 is 1.46 bits per heavy atom. The highest BCUT2D eigenvalue weighted by Crippen LogP contribution is 2.58. The average molecular weight is 384 g/mol. The summed E-state index contributed by atoms with van der Waals surface area (Å²) in [6, 6.07) is 0. The molecule has 3 aliphatic rings. The Kier molecular flexibility index (Phi) is 5.07. The third kappa shape index (κ3) is 3.03. The first-order valence-electron chi connectivity index (χ1n) is 10.5. The van der Waals surface area contributed by atoms with Gasteiger partial charge >= 0.3 is 0 Å². The van der Waals surface area contributed by atoms with Gasteiger partial charge in [-0.25, -0.2) is 19.7 Å². The van der Waals surface area contributed by atoms with Crippen molar-refractivity contribution in [3.8, 4) is 0 Å². The van der Waals surface area contributed by atoms with Crippen LogP contribution in [0.25, 0.3) is 14.5 Å². The minimum atomic E-state index is -0.788. The standard InChI is InChI=1S/C23H33N3O2/c1-20(2,24-6)17-11-14-23(5,28-17)16-10-12-21(3,25-7)15-9-13-22(4,26-8)19(27)18(15)16/h15-19,27H,9-14H2,1-5H3/t15-,16-,17-,18-,19-,21+,22-,23+/m0/s1. The highest BCUT2D eigenvalue weighted by molar-refractivity contribution is 5.19. The summed E-state index contributed by atoms with van der Waals surface area (Å²) in [6.45, 7) is 32.9. The van der Waals surface area contributed by atoms with Gasteiger partial charge in [-0.05, 0) is 38.5 Å². The van der Waals surface area contributed by atoms with Crippen molar-refractivity contribution in [2.45, 2.75) is 108 Å². The summed E-state index contributed by atoms with van der Waals surface area (Å²) in [5, 5.41) is 11.3. The van der Waals surface area contributed by atoms with Crippen LogP contribution in [0.4, 0.5) is 0 Å². The number of aliphatic hydroxyl groups is 1. The summed E-state index contributed by atoms with van der Waals surface area (Å²) in [4.78, 5) is 11.6. The van der Waals surface area contributed by atoms with Crippen LogP contribution in [0.1, 0.15) is 73.1 Å². The molecule has 28 heavy (non-hydrogen) atoms. The molecular weight excluding hydrogens is 350 g/mol. The topological polar surface area (TPSA) is 42.5 Å². The highest BCUT2D eigenvalue weighted by atomic mass is 16.5. The van der Waals surface area contributed by atoms with Crippen molar-refractivity contribution in [2.75, 3.05) is 0 Å². The fourth-order valence-electron chi connectivity index (χ4n) is 6.15. The Balaban J connectivity index is 1.97. The van der Waals surface area contributed by atoms with Gasteiger partial charge in [0.25, 0.3) is 11.1 Å². The van der Waals surface area contributed by atoms with E-state index in [0.717, 1.165) is 32.1 Å².